The van der Waals surface area contributed by atoms with Crippen molar-refractivity contribution in [2.45, 2.75) is 49.8 Å². The average molecular weight is 360 g/mol. The molecule has 0 spiro atoms. The van der Waals surface area contributed by atoms with Crippen molar-refractivity contribution >= 4 is 33.4 Å². The maximum Gasteiger partial charge on any atom is 0.269 e. The molecule has 0 aliphatic rings. The Morgan fingerprint density at radius 3 is 2.05 bits per heavy atom. The lowest BCUT2D eigenvalue weighted by Gasteiger charge is -2.02. The second-order valence-electron chi connectivity index (χ2n) is 4.76. The maximum absolute atomic E-state index is 10.5. The zero-order valence-corrected chi connectivity index (χ0v) is 14.1. The van der Waals surface area contributed by atoms with Gasteiger partial charge in [-0.3, -0.25) is 10.1 Å². The van der Waals surface area contributed by atoms with Crippen LogP contribution in [0.1, 0.15) is 44.9 Å². The van der Waals surface area contributed by atoms with Gasteiger partial charge in [-0.25, -0.2) is 0 Å². The van der Waals surface area contributed by atoms with Crippen molar-refractivity contribution in [1.29, 1.82) is 0 Å². The fraction of sp³-hybridized carbons (Fsp3) is 0.600. The van der Waals surface area contributed by atoms with Crippen LogP contribution in [0.2, 0.25) is 0 Å². The van der Waals surface area contributed by atoms with Gasteiger partial charge >= 0.3 is 0 Å². The van der Waals surface area contributed by atoms with E-state index in [0.29, 0.717) is 0 Å². The molecule has 0 aliphatic heterocycles. The van der Waals surface area contributed by atoms with E-state index in [1.165, 1.54) is 44.9 Å². The highest BCUT2D eigenvalue weighted by Gasteiger charge is 2.03. The van der Waals surface area contributed by atoms with Crippen molar-refractivity contribution in [1.82, 2.24) is 0 Å². The van der Waals surface area contributed by atoms with Gasteiger partial charge in [0.1, 0.15) is 0 Å². The molecule has 0 N–H and O–H groups in total. The zero-order valence-electron chi connectivity index (χ0n) is 11.7. The van der Waals surface area contributed by atoms with Gasteiger partial charge in [0.15, 0.2) is 0 Å². The number of nitro benzene ring substituents is 1. The first kappa shape index (κ1) is 17.5. The van der Waals surface area contributed by atoms with Gasteiger partial charge in [0.25, 0.3) is 5.69 Å². The van der Waals surface area contributed by atoms with Crippen LogP contribution in [-0.4, -0.2) is 16.0 Å². The molecule has 3 nitrogen and oxygen atoms in total. The van der Waals surface area contributed by atoms with Crippen molar-refractivity contribution in [3.8, 4) is 0 Å². The summed E-state index contributed by atoms with van der Waals surface area (Å²) in [7, 11) is 0. The third-order valence-electron chi connectivity index (χ3n) is 3.09. The van der Waals surface area contributed by atoms with Crippen molar-refractivity contribution < 1.29 is 4.92 Å². The number of benzene rings is 1. The van der Waals surface area contributed by atoms with Gasteiger partial charge in [0, 0.05) is 22.4 Å². The zero-order chi connectivity index (χ0) is 14.6. The third kappa shape index (κ3) is 7.90. The van der Waals surface area contributed by atoms with Crippen LogP contribution < -0.4 is 0 Å². The number of nitro groups is 1. The first-order valence-electron chi connectivity index (χ1n) is 7.17. The number of hydrogen-bond acceptors (Lipinski definition) is 3. The van der Waals surface area contributed by atoms with E-state index in [4.69, 9.17) is 0 Å². The topological polar surface area (TPSA) is 43.1 Å². The standard InChI is InChI=1S/C15H22BrNO2S/c16-12-6-4-2-1-3-5-7-13-20-15-10-8-14(9-11-15)17(18)19/h8-11H,1-7,12-13H2. The second kappa shape index (κ2) is 11.1. The summed E-state index contributed by atoms with van der Waals surface area (Å²) >= 11 is 5.23. The van der Waals surface area contributed by atoms with Crippen LogP contribution in [0.25, 0.3) is 0 Å². The minimum Gasteiger partial charge on any atom is -0.258 e. The minimum absolute atomic E-state index is 0.165. The predicted molar refractivity (Wildman–Crippen MR) is 89.9 cm³/mol. The van der Waals surface area contributed by atoms with Crippen molar-refractivity contribution in [3.05, 3.63) is 34.4 Å². The number of hydrogen-bond donors (Lipinski definition) is 0. The van der Waals surface area contributed by atoms with Crippen LogP contribution in [-0.2, 0) is 0 Å². The molecule has 0 heterocycles. The Hall–Kier alpha value is -0.550. The highest BCUT2D eigenvalue weighted by atomic mass is 79.9. The molecule has 0 aromatic heterocycles. The number of non-ortho nitro benzene ring substituents is 1. The van der Waals surface area contributed by atoms with Gasteiger partial charge in [-0.15, -0.1) is 11.8 Å². The Labute approximate surface area is 133 Å². The predicted octanol–water partition coefficient (Wildman–Crippen LogP) is 5.81. The summed E-state index contributed by atoms with van der Waals surface area (Å²) in [6.07, 6.45) is 9.15. The quantitative estimate of drug-likeness (QED) is 0.164. The van der Waals surface area contributed by atoms with Crippen LogP contribution in [0.15, 0.2) is 29.2 Å². The van der Waals surface area contributed by atoms with Crippen LogP contribution >= 0.6 is 27.7 Å². The molecule has 1 aromatic carbocycles. The first-order valence-corrected chi connectivity index (χ1v) is 9.28. The van der Waals surface area contributed by atoms with Gasteiger partial charge in [-0.2, -0.15) is 0 Å². The number of nitrogens with zero attached hydrogens (tertiary/aromatic N) is 1. The molecule has 0 unspecified atom stereocenters. The van der Waals surface area contributed by atoms with Gasteiger partial charge in [-0.05, 0) is 30.7 Å². The lowest BCUT2D eigenvalue weighted by Crippen LogP contribution is -1.87. The summed E-state index contributed by atoms with van der Waals surface area (Å²) in [5, 5.41) is 11.7. The number of halogens is 1. The monoisotopic (exact) mass is 359 g/mol. The van der Waals surface area contributed by atoms with E-state index >= 15 is 0 Å². The molecular formula is C15H22BrNO2S. The normalized spacial score (nSPS) is 10.7. The van der Waals surface area contributed by atoms with Gasteiger partial charge < -0.3 is 0 Å². The molecule has 0 amide bonds. The Bertz CT molecular complexity index is 384. The summed E-state index contributed by atoms with van der Waals surface area (Å²) in [6.45, 7) is 0. The van der Waals surface area contributed by atoms with E-state index in [1.54, 1.807) is 23.9 Å². The second-order valence-corrected chi connectivity index (χ2v) is 6.72. The molecule has 0 saturated carbocycles. The number of alkyl halides is 1. The Morgan fingerprint density at radius 1 is 0.950 bits per heavy atom. The largest absolute Gasteiger partial charge is 0.269 e. The number of thioether (sulfide) groups is 1. The molecule has 0 radical (unpaired) electrons. The first-order chi connectivity index (χ1) is 9.74. The SMILES string of the molecule is O=[N+]([O-])c1ccc(SCCCCCCCCCBr)cc1. The van der Waals surface area contributed by atoms with E-state index in [0.717, 1.165) is 16.0 Å². The number of rotatable bonds is 11. The summed E-state index contributed by atoms with van der Waals surface area (Å²) in [4.78, 5) is 11.3. The molecule has 5 heteroatoms. The summed E-state index contributed by atoms with van der Waals surface area (Å²) in [6, 6.07) is 6.82. The molecule has 0 aliphatic carbocycles. The van der Waals surface area contributed by atoms with Crippen LogP contribution in [0.3, 0.4) is 0 Å². The lowest BCUT2D eigenvalue weighted by molar-refractivity contribution is -0.384. The van der Waals surface area contributed by atoms with E-state index in [2.05, 4.69) is 15.9 Å². The van der Waals surface area contributed by atoms with Crippen molar-refractivity contribution in [2.75, 3.05) is 11.1 Å². The molecule has 1 rings (SSSR count). The molecule has 0 atom stereocenters. The van der Waals surface area contributed by atoms with Crippen molar-refractivity contribution in [2.24, 2.45) is 0 Å². The fourth-order valence-electron chi connectivity index (χ4n) is 1.93. The van der Waals surface area contributed by atoms with E-state index in [-0.39, 0.29) is 10.6 Å². The maximum atomic E-state index is 10.5. The van der Waals surface area contributed by atoms with Gasteiger partial charge in [-0.1, -0.05) is 48.0 Å². The molecule has 112 valence electrons. The average Bonchev–Trinajstić information content (AvgIpc) is 2.46. The highest BCUT2D eigenvalue weighted by molar-refractivity contribution is 9.09. The minimum atomic E-state index is -0.357. The smallest absolute Gasteiger partial charge is 0.258 e. The van der Waals surface area contributed by atoms with E-state index in [9.17, 15) is 10.1 Å². The molecule has 20 heavy (non-hydrogen) atoms. The summed E-state index contributed by atoms with van der Waals surface area (Å²) in [5.74, 6) is 1.10. The highest BCUT2D eigenvalue weighted by Crippen LogP contribution is 2.22. The molecule has 1 aromatic rings. The van der Waals surface area contributed by atoms with E-state index in [1.807, 2.05) is 12.1 Å². The third-order valence-corrected chi connectivity index (χ3v) is 4.75. The van der Waals surface area contributed by atoms with Gasteiger partial charge in [0.2, 0.25) is 0 Å². The van der Waals surface area contributed by atoms with Crippen molar-refractivity contribution in [3.63, 3.8) is 0 Å². The molecule has 0 bridgehead atoms. The van der Waals surface area contributed by atoms with E-state index < -0.39 is 0 Å². The van der Waals surface area contributed by atoms with Crippen LogP contribution in [0.4, 0.5) is 5.69 Å². The molecule has 0 saturated heterocycles. The number of unbranched alkanes of at least 4 members (excludes halogenated alkanes) is 6. The summed E-state index contributed by atoms with van der Waals surface area (Å²) < 4.78 is 0. The summed E-state index contributed by atoms with van der Waals surface area (Å²) in [5.41, 5.74) is 0.165. The van der Waals surface area contributed by atoms with Crippen LogP contribution in [0.5, 0.6) is 0 Å². The lowest BCUT2D eigenvalue weighted by atomic mass is 10.1. The van der Waals surface area contributed by atoms with Crippen LogP contribution in [0, 0.1) is 10.1 Å². The Balaban J connectivity index is 2.02. The Morgan fingerprint density at radius 2 is 1.50 bits per heavy atom. The Kier molecular flexibility index (Phi) is 9.75. The van der Waals surface area contributed by atoms with Gasteiger partial charge in [0.05, 0.1) is 4.92 Å². The molecule has 0 fully saturated rings. The molecular weight excluding hydrogens is 338 g/mol. The fourth-order valence-corrected chi connectivity index (χ4v) is 3.24.